The van der Waals surface area contributed by atoms with Crippen LogP contribution in [0.15, 0.2) is 72.5 Å². The zero-order valence-corrected chi connectivity index (χ0v) is 22.9. The molecule has 2 heterocycles. The third-order valence-corrected chi connectivity index (χ3v) is 6.98. The van der Waals surface area contributed by atoms with Crippen LogP contribution in [0.1, 0.15) is 57.7 Å². The topological polar surface area (TPSA) is 83.9 Å². The van der Waals surface area contributed by atoms with E-state index < -0.39 is 0 Å². The van der Waals surface area contributed by atoms with E-state index in [2.05, 4.69) is 57.9 Å². The summed E-state index contributed by atoms with van der Waals surface area (Å²) in [4.78, 5) is 14.0. The molecule has 0 saturated carbocycles. The molecule has 36 heavy (non-hydrogen) atoms. The molecule has 2 aromatic heterocycles. The monoisotopic (exact) mass is 506 g/mol. The van der Waals surface area contributed by atoms with Crippen LogP contribution >= 0.6 is 11.3 Å². The van der Waals surface area contributed by atoms with E-state index in [1.54, 1.807) is 23.5 Å². The number of anilines is 2. The van der Waals surface area contributed by atoms with Crippen molar-refractivity contribution in [1.82, 2.24) is 20.4 Å². The number of aromatic nitrogens is 4. The SMILES string of the molecule is C=C/C=C\C(=C/C)C(C)C(=C)N(C)c1nnc(CCCCc2ccc(NC(=O)C/C(C)=C/C)nn2)s1. The van der Waals surface area contributed by atoms with E-state index in [4.69, 9.17) is 0 Å². The van der Waals surface area contributed by atoms with Crippen LogP contribution in [0.3, 0.4) is 0 Å². The molecule has 1 unspecified atom stereocenters. The second kappa shape index (κ2) is 14.9. The maximum atomic E-state index is 12.0. The number of amides is 1. The lowest BCUT2D eigenvalue weighted by Crippen LogP contribution is -2.21. The Labute approximate surface area is 219 Å². The highest BCUT2D eigenvalue weighted by Gasteiger charge is 2.18. The van der Waals surface area contributed by atoms with E-state index >= 15 is 0 Å². The van der Waals surface area contributed by atoms with Crippen molar-refractivity contribution in [1.29, 1.82) is 0 Å². The lowest BCUT2D eigenvalue weighted by molar-refractivity contribution is -0.115. The molecule has 0 bridgehead atoms. The summed E-state index contributed by atoms with van der Waals surface area (Å²) in [6.07, 6.45) is 13.8. The van der Waals surface area contributed by atoms with Gasteiger partial charge in [0.05, 0.1) is 5.69 Å². The van der Waals surface area contributed by atoms with Gasteiger partial charge >= 0.3 is 0 Å². The van der Waals surface area contributed by atoms with Crippen molar-refractivity contribution < 1.29 is 4.79 Å². The molecule has 0 radical (unpaired) electrons. The van der Waals surface area contributed by atoms with Gasteiger partial charge in [-0.2, -0.15) is 5.10 Å². The van der Waals surface area contributed by atoms with Crippen LogP contribution in [-0.4, -0.2) is 33.3 Å². The molecule has 0 fully saturated rings. The molecule has 0 spiro atoms. The average Bonchev–Trinajstić information content (AvgIpc) is 3.35. The Balaban J connectivity index is 1.81. The largest absolute Gasteiger partial charge is 0.323 e. The molecule has 1 atom stereocenters. The van der Waals surface area contributed by atoms with Crippen molar-refractivity contribution in [2.24, 2.45) is 5.92 Å². The Morgan fingerprint density at radius 1 is 1.14 bits per heavy atom. The lowest BCUT2D eigenvalue weighted by Gasteiger charge is -2.24. The molecule has 0 saturated heterocycles. The number of carbonyl (C=O) groups is 1. The van der Waals surface area contributed by atoms with Gasteiger partial charge in [-0.3, -0.25) is 4.79 Å². The standard InChI is InChI=1S/C28H38N6OS/c1-8-11-14-23(10-3)21(5)22(6)34(7)28-33-32-27(36-28)16-13-12-15-24-17-18-25(31-30-24)29-26(35)19-20(4)9-2/h8-11,14,17-18,21H,1,6,12-13,15-16,19H2,2-5,7H3,(H,29,31,35)/b14-11-,20-9+,23-10+. The smallest absolute Gasteiger partial charge is 0.229 e. The van der Waals surface area contributed by atoms with Crippen molar-refractivity contribution in [2.75, 3.05) is 17.3 Å². The first-order chi connectivity index (χ1) is 17.3. The molecule has 2 aromatic rings. The van der Waals surface area contributed by atoms with Crippen LogP contribution in [-0.2, 0) is 17.6 Å². The van der Waals surface area contributed by atoms with Crippen molar-refractivity contribution in [3.05, 3.63) is 83.2 Å². The van der Waals surface area contributed by atoms with E-state index in [9.17, 15) is 4.79 Å². The molecule has 192 valence electrons. The zero-order chi connectivity index (χ0) is 26.5. The van der Waals surface area contributed by atoms with E-state index in [0.717, 1.165) is 52.8 Å². The molecule has 0 aliphatic carbocycles. The van der Waals surface area contributed by atoms with Gasteiger partial charge in [-0.1, -0.05) is 67.4 Å². The third kappa shape index (κ3) is 9.00. The molecule has 2 rings (SSSR count). The summed E-state index contributed by atoms with van der Waals surface area (Å²) in [5, 5.41) is 21.8. The molecule has 0 aromatic carbocycles. The fraction of sp³-hybridized carbons (Fsp3) is 0.393. The number of nitrogens with zero attached hydrogens (tertiary/aromatic N) is 5. The number of aryl methyl sites for hydroxylation is 2. The number of carbonyl (C=O) groups excluding carboxylic acids is 1. The summed E-state index contributed by atoms with van der Waals surface area (Å²) in [6, 6.07) is 3.72. The quantitative estimate of drug-likeness (QED) is 0.180. The summed E-state index contributed by atoms with van der Waals surface area (Å²) in [7, 11) is 1.99. The Bertz CT molecular complexity index is 1110. The van der Waals surface area contributed by atoms with Gasteiger partial charge in [0.25, 0.3) is 0 Å². The second-order valence-corrected chi connectivity index (χ2v) is 9.65. The predicted molar refractivity (Wildman–Crippen MR) is 151 cm³/mol. The first-order valence-corrected chi connectivity index (χ1v) is 13.0. The van der Waals surface area contributed by atoms with Gasteiger partial charge in [0.2, 0.25) is 11.0 Å². The van der Waals surface area contributed by atoms with Gasteiger partial charge in [0.15, 0.2) is 5.82 Å². The normalized spacial score (nSPS) is 13.0. The molecular weight excluding hydrogens is 468 g/mol. The Hall–Kier alpha value is -3.39. The minimum Gasteiger partial charge on any atom is -0.323 e. The van der Waals surface area contributed by atoms with E-state index in [0.29, 0.717) is 12.2 Å². The Morgan fingerprint density at radius 2 is 1.89 bits per heavy atom. The van der Waals surface area contributed by atoms with Gasteiger partial charge in [0, 0.05) is 31.5 Å². The first-order valence-electron chi connectivity index (χ1n) is 12.2. The Kier molecular flexibility index (Phi) is 11.9. The molecule has 1 amide bonds. The molecular formula is C28H38N6OS. The van der Waals surface area contributed by atoms with Crippen LogP contribution in [0.25, 0.3) is 0 Å². The highest BCUT2D eigenvalue weighted by Crippen LogP contribution is 2.29. The van der Waals surface area contributed by atoms with Gasteiger partial charge in [-0.05, 0) is 57.7 Å². The predicted octanol–water partition coefficient (Wildman–Crippen LogP) is 6.46. The van der Waals surface area contributed by atoms with Gasteiger partial charge in [-0.25, -0.2) is 0 Å². The minimum atomic E-state index is -0.0837. The summed E-state index contributed by atoms with van der Waals surface area (Å²) >= 11 is 1.60. The number of hydrogen-bond acceptors (Lipinski definition) is 7. The lowest BCUT2D eigenvalue weighted by atomic mass is 9.97. The van der Waals surface area contributed by atoms with Crippen LogP contribution in [0.2, 0.25) is 0 Å². The minimum absolute atomic E-state index is 0.0837. The Morgan fingerprint density at radius 3 is 2.53 bits per heavy atom. The van der Waals surface area contributed by atoms with Crippen LogP contribution in [0.4, 0.5) is 10.9 Å². The second-order valence-electron chi connectivity index (χ2n) is 8.61. The third-order valence-electron chi connectivity index (χ3n) is 5.92. The van der Waals surface area contributed by atoms with E-state index in [-0.39, 0.29) is 11.8 Å². The molecule has 7 nitrogen and oxygen atoms in total. The summed E-state index contributed by atoms with van der Waals surface area (Å²) in [5.41, 5.74) is 4.07. The van der Waals surface area contributed by atoms with E-state index in [1.165, 1.54) is 5.57 Å². The summed E-state index contributed by atoms with van der Waals surface area (Å²) < 4.78 is 0. The summed E-state index contributed by atoms with van der Waals surface area (Å²) in [5.74, 6) is 0.550. The van der Waals surface area contributed by atoms with Crippen LogP contribution in [0, 0.1) is 5.92 Å². The van der Waals surface area contributed by atoms with Crippen molar-refractivity contribution in [3.63, 3.8) is 0 Å². The van der Waals surface area contributed by atoms with Gasteiger partial charge in [-0.15, -0.1) is 15.3 Å². The number of rotatable bonds is 14. The number of nitrogens with one attached hydrogen (secondary N) is 1. The van der Waals surface area contributed by atoms with Crippen molar-refractivity contribution >= 4 is 28.2 Å². The number of allylic oxidation sites excluding steroid dienone is 6. The molecule has 0 aliphatic heterocycles. The molecule has 1 N–H and O–H groups in total. The van der Waals surface area contributed by atoms with Crippen molar-refractivity contribution in [3.8, 4) is 0 Å². The number of hydrogen-bond donors (Lipinski definition) is 1. The van der Waals surface area contributed by atoms with Crippen molar-refractivity contribution in [2.45, 2.75) is 59.8 Å². The first kappa shape index (κ1) is 28.8. The fourth-order valence-corrected chi connectivity index (χ4v) is 4.32. The highest BCUT2D eigenvalue weighted by atomic mass is 32.1. The summed E-state index contributed by atoms with van der Waals surface area (Å²) in [6.45, 7) is 16.0. The molecule has 8 heteroatoms. The fourth-order valence-electron chi connectivity index (χ4n) is 3.44. The van der Waals surface area contributed by atoms with Crippen LogP contribution in [0.5, 0.6) is 0 Å². The van der Waals surface area contributed by atoms with E-state index in [1.807, 2.05) is 50.9 Å². The maximum absolute atomic E-state index is 12.0. The average molecular weight is 507 g/mol. The maximum Gasteiger partial charge on any atom is 0.229 e. The van der Waals surface area contributed by atoms with Crippen LogP contribution < -0.4 is 10.2 Å². The van der Waals surface area contributed by atoms with Gasteiger partial charge < -0.3 is 10.2 Å². The highest BCUT2D eigenvalue weighted by molar-refractivity contribution is 7.15. The van der Waals surface area contributed by atoms with Gasteiger partial charge in [0.1, 0.15) is 5.01 Å². The molecule has 0 aliphatic rings. The zero-order valence-electron chi connectivity index (χ0n) is 22.1. The number of unbranched alkanes of at least 4 members (excludes halogenated alkanes) is 1.